The first kappa shape index (κ1) is 17.3. The maximum atomic E-state index is 12.3. The average Bonchev–Trinajstić information content (AvgIpc) is 2.59. The normalized spacial score (nSPS) is 10.7. The Morgan fingerprint density at radius 1 is 1.27 bits per heavy atom. The molecule has 0 spiro atoms. The van der Waals surface area contributed by atoms with E-state index in [1.165, 1.54) is 16.5 Å². The van der Waals surface area contributed by atoms with Gasteiger partial charge in [0.1, 0.15) is 17.8 Å². The number of aryl methyl sites for hydroxylation is 2. The number of esters is 1. The molecule has 0 atom stereocenters. The quantitative estimate of drug-likeness (QED) is 0.406. The summed E-state index contributed by atoms with van der Waals surface area (Å²) in [6.07, 6.45) is 1.66. The molecule has 3 rings (SSSR count). The fraction of sp³-hybridized carbons (Fsp3) is 0.167. The lowest BCUT2D eigenvalue weighted by molar-refractivity contribution is -0.385. The van der Waals surface area contributed by atoms with Crippen LogP contribution in [0.5, 0.6) is 0 Å². The number of rotatable bonds is 4. The lowest BCUT2D eigenvalue weighted by Crippen LogP contribution is -2.17. The lowest BCUT2D eigenvalue weighted by atomic mass is 10.1. The van der Waals surface area contributed by atoms with E-state index in [0.29, 0.717) is 11.2 Å². The number of aromatic nitrogens is 2. The molecule has 8 heteroatoms. The van der Waals surface area contributed by atoms with Gasteiger partial charge in [0.15, 0.2) is 0 Å². The standard InChI is InChI=1S/C18H15N3O5/c1-11-6-7-15-19-13(8-16(22)20(15)9-11)10-26-18(23)14-5-3-4-12(2)17(14)21(24)25/h3-9H,10H2,1-2H3. The molecule has 0 radical (unpaired) electrons. The summed E-state index contributed by atoms with van der Waals surface area (Å²) < 4.78 is 6.53. The second kappa shape index (κ2) is 6.75. The van der Waals surface area contributed by atoms with Crippen molar-refractivity contribution in [2.75, 3.05) is 0 Å². The van der Waals surface area contributed by atoms with Crippen molar-refractivity contribution in [2.24, 2.45) is 0 Å². The number of pyridine rings is 1. The minimum absolute atomic E-state index is 0.136. The Labute approximate surface area is 147 Å². The zero-order valence-corrected chi connectivity index (χ0v) is 14.1. The Morgan fingerprint density at radius 2 is 2.04 bits per heavy atom. The highest BCUT2D eigenvalue weighted by Gasteiger charge is 2.23. The van der Waals surface area contributed by atoms with E-state index in [1.54, 1.807) is 31.3 Å². The highest BCUT2D eigenvalue weighted by molar-refractivity contribution is 5.94. The average molecular weight is 353 g/mol. The molecule has 0 aliphatic carbocycles. The van der Waals surface area contributed by atoms with Crippen LogP contribution in [0, 0.1) is 24.0 Å². The number of nitro groups is 1. The Balaban J connectivity index is 1.86. The van der Waals surface area contributed by atoms with Gasteiger partial charge in [-0.25, -0.2) is 9.78 Å². The molecule has 0 saturated heterocycles. The van der Waals surface area contributed by atoms with Crippen LogP contribution in [-0.4, -0.2) is 20.3 Å². The Morgan fingerprint density at radius 3 is 2.77 bits per heavy atom. The van der Waals surface area contributed by atoms with Gasteiger partial charge in [-0.3, -0.25) is 19.3 Å². The van der Waals surface area contributed by atoms with Gasteiger partial charge in [0.05, 0.1) is 10.6 Å². The molecule has 0 N–H and O–H groups in total. The summed E-state index contributed by atoms with van der Waals surface area (Å²) in [7, 11) is 0. The predicted octanol–water partition coefficient (Wildman–Crippen LogP) is 2.58. The van der Waals surface area contributed by atoms with Crippen molar-refractivity contribution < 1.29 is 14.5 Å². The van der Waals surface area contributed by atoms with Crippen molar-refractivity contribution in [3.63, 3.8) is 0 Å². The molecule has 0 bridgehead atoms. The van der Waals surface area contributed by atoms with Crippen molar-refractivity contribution in [1.29, 1.82) is 0 Å². The third-order valence-electron chi connectivity index (χ3n) is 3.85. The van der Waals surface area contributed by atoms with E-state index >= 15 is 0 Å². The number of ether oxygens (including phenoxy) is 1. The number of para-hydroxylation sites is 1. The molecule has 2 heterocycles. The predicted molar refractivity (Wildman–Crippen MR) is 93.2 cm³/mol. The second-order valence-corrected chi connectivity index (χ2v) is 5.82. The molecule has 0 saturated carbocycles. The summed E-state index contributed by atoms with van der Waals surface area (Å²) in [4.78, 5) is 39.2. The monoisotopic (exact) mass is 353 g/mol. The minimum Gasteiger partial charge on any atom is -0.455 e. The fourth-order valence-electron chi connectivity index (χ4n) is 2.62. The van der Waals surface area contributed by atoms with E-state index in [4.69, 9.17) is 4.74 Å². The number of hydrogen-bond donors (Lipinski definition) is 0. The maximum Gasteiger partial charge on any atom is 0.345 e. The van der Waals surface area contributed by atoms with Gasteiger partial charge in [0, 0.05) is 17.8 Å². The largest absolute Gasteiger partial charge is 0.455 e. The van der Waals surface area contributed by atoms with Crippen molar-refractivity contribution in [3.8, 4) is 0 Å². The van der Waals surface area contributed by atoms with Crippen molar-refractivity contribution in [3.05, 3.63) is 85.4 Å². The molecule has 1 aromatic carbocycles. The number of benzene rings is 1. The fourth-order valence-corrected chi connectivity index (χ4v) is 2.62. The number of nitrogens with zero attached hydrogens (tertiary/aromatic N) is 3. The van der Waals surface area contributed by atoms with E-state index in [1.807, 2.05) is 13.0 Å². The van der Waals surface area contributed by atoms with Gasteiger partial charge in [-0.1, -0.05) is 18.2 Å². The van der Waals surface area contributed by atoms with Crippen LogP contribution in [0.15, 0.2) is 47.4 Å². The molecular weight excluding hydrogens is 338 g/mol. The first-order valence-corrected chi connectivity index (χ1v) is 7.77. The highest BCUT2D eigenvalue weighted by Crippen LogP contribution is 2.24. The molecule has 0 unspecified atom stereocenters. The Kier molecular flexibility index (Phi) is 4.49. The number of fused-ring (bicyclic) bond motifs is 1. The SMILES string of the molecule is Cc1ccc2nc(COC(=O)c3cccc(C)c3[N+](=O)[O-])cc(=O)n2c1. The van der Waals surface area contributed by atoms with Crippen LogP contribution in [-0.2, 0) is 11.3 Å². The lowest BCUT2D eigenvalue weighted by Gasteiger charge is -2.07. The number of nitro benzene ring substituents is 1. The third-order valence-corrected chi connectivity index (χ3v) is 3.85. The van der Waals surface area contributed by atoms with E-state index < -0.39 is 10.9 Å². The first-order chi connectivity index (χ1) is 12.4. The summed E-state index contributed by atoms with van der Waals surface area (Å²) in [5.41, 5.74) is 1.24. The van der Waals surface area contributed by atoms with E-state index in [2.05, 4.69) is 4.98 Å². The van der Waals surface area contributed by atoms with Crippen LogP contribution < -0.4 is 5.56 Å². The molecule has 0 aliphatic rings. The van der Waals surface area contributed by atoms with E-state index in [9.17, 15) is 19.7 Å². The van der Waals surface area contributed by atoms with Crippen molar-refractivity contribution in [2.45, 2.75) is 20.5 Å². The van der Waals surface area contributed by atoms with E-state index in [0.717, 1.165) is 5.56 Å². The second-order valence-electron chi connectivity index (χ2n) is 5.82. The number of carbonyl (C=O) groups is 1. The van der Waals surface area contributed by atoms with Crippen LogP contribution in [0.1, 0.15) is 27.2 Å². The van der Waals surface area contributed by atoms with E-state index in [-0.39, 0.29) is 29.1 Å². The molecule has 26 heavy (non-hydrogen) atoms. The summed E-state index contributed by atoms with van der Waals surface area (Å²) in [6.45, 7) is 3.14. The van der Waals surface area contributed by atoms with Gasteiger partial charge in [-0.2, -0.15) is 0 Å². The number of hydrogen-bond acceptors (Lipinski definition) is 6. The van der Waals surface area contributed by atoms with Crippen molar-refractivity contribution >= 4 is 17.3 Å². The zero-order valence-electron chi connectivity index (χ0n) is 14.1. The maximum absolute atomic E-state index is 12.3. The van der Waals surface area contributed by atoms with Gasteiger partial charge in [0.25, 0.3) is 11.2 Å². The van der Waals surface area contributed by atoms with Gasteiger partial charge in [-0.15, -0.1) is 0 Å². The summed E-state index contributed by atoms with van der Waals surface area (Å²) in [5.74, 6) is -0.841. The molecule has 0 amide bonds. The molecule has 132 valence electrons. The first-order valence-electron chi connectivity index (χ1n) is 7.77. The van der Waals surface area contributed by atoms with Crippen molar-refractivity contribution in [1.82, 2.24) is 9.38 Å². The Hall–Kier alpha value is -3.55. The molecular formula is C18H15N3O5. The van der Waals surface area contributed by atoms with Crippen LogP contribution in [0.4, 0.5) is 5.69 Å². The summed E-state index contributed by atoms with van der Waals surface area (Å²) in [6, 6.07) is 9.19. The zero-order chi connectivity index (χ0) is 18.8. The Bertz CT molecular complexity index is 1090. The minimum atomic E-state index is -0.841. The van der Waals surface area contributed by atoms with Crippen LogP contribution in [0.2, 0.25) is 0 Å². The smallest absolute Gasteiger partial charge is 0.345 e. The third kappa shape index (κ3) is 3.30. The number of carbonyl (C=O) groups excluding carboxylic acids is 1. The molecule has 2 aromatic heterocycles. The van der Waals surface area contributed by atoms with Gasteiger partial charge in [0.2, 0.25) is 0 Å². The van der Waals surface area contributed by atoms with Gasteiger partial charge in [-0.05, 0) is 31.5 Å². The molecule has 0 aliphatic heterocycles. The van der Waals surface area contributed by atoms with Gasteiger partial charge < -0.3 is 4.74 Å². The molecule has 0 fully saturated rings. The van der Waals surface area contributed by atoms with Crippen LogP contribution in [0.25, 0.3) is 5.65 Å². The molecule has 3 aromatic rings. The van der Waals surface area contributed by atoms with Crippen LogP contribution in [0.3, 0.4) is 0 Å². The topological polar surface area (TPSA) is 104 Å². The highest BCUT2D eigenvalue weighted by atomic mass is 16.6. The summed E-state index contributed by atoms with van der Waals surface area (Å²) in [5, 5.41) is 11.2. The van der Waals surface area contributed by atoms with Gasteiger partial charge >= 0.3 is 5.97 Å². The molecule has 8 nitrogen and oxygen atoms in total. The summed E-state index contributed by atoms with van der Waals surface area (Å²) >= 11 is 0. The van der Waals surface area contributed by atoms with Crippen LogP contribution >= 0.6 is 0 Å².